The van der Waals surface area contributed by atoms with Crippen molar-refractivity contribution in [1.82, 2.24) is 9.97 Å². The maximum Gasteiger partial charge on any atom is 0.223 e. The summed E-state index contributed by atoms with van der Waals surface area (Å²) in [5.41, 5.74) is 2.33. The topological polar surface area (TPSA) is 61.6 Å². The lowest BCUT2D eigenvalue weighted by Gasteiger charge is -2.09. The van der Waals surface area contributed by atoms with Crippen molar-refractivity contribution < 1.29 is 4.39 Å². The van der Waals surface area contributed by atoms with Gasteiger partial charge in [0.25, 0.3) is 0 Å². The van der Waals surface area contributed by atoms with E-state index >= 15 is 0 Å². The van der Waals surface area contributed by atoms with Crippen LogP contribution in [0, 0.1) is 24.1 Å². The molecule has 0 radical (unpaired) electrons. The first kappa shape index (κ1) is 13.9. The number of hydrogen-bond donors (Lipinski definition) is 1. The van der Waals surface area contributed by atoms with Gasteiger partial charge in [0.05, 0.1) is 17.3 Å². The molecule has 0 aliphatic rings. The fourth-order valence-corrected chi connectivity index (χ4v) is 1.85. The van der Waals surface area contributed by atoms with Gasteiger partial charge in [0.1, 0.15) is 5.82 Å². The Morgan fingerprint density at radius 2 is 2.15 bits per heavy atom. The third-order valence-electron chi connectivity index (χ3n) is 2.81. The lowest BCUT2D eigenvalue weighted by molar-refractivity contribution is 0.628. The summed E-state index contributed by atoms with van der Waals surface area (Å²) in [6, 6.07) is 6.15. The predicted molar refractivity (Wildman–Crippen MR) is 75.7 cm³/mol. The summed E-state index contributed by atoms with van der Waals surface area (Å²) in [4.78, 5) is 8.58. The number of nitriles is 1. The molecule has 5 heteroatoms. The average Bonchev–Trinajstić information content (AvgIpc) is 2.45. The highest BCUT2D eigenvalue weighted by Gasteiger charge is 2.09. The van der Waals surface area contributed by atoms with E-state index < -0.39 is 5.82 Å². The SMILES string of the molecule is CCCNc1ncc(C)c(-c2cc(F)cc(C#N)c2)n1. The molecule has 0 bridgehead atoms. The summed E-state index contributed by atoms with van der Waals surface area (Å²) in [5.74, 6) is 0.0651. The quantitative estimate of drug-likeness (QED) is 0.926. The third-order valence-corrected chi connectivity index (χ3v) is 2.81. The fraction of sp³-hybridized carbons (Fsp3) is 0.267. The van der Waals surface area contributed by atoms with E-state index in [2.05, 4.69) is 15.3 Å². The lowest BCUT2D eigenvalue weighted by atomic mass is 10.1. The zero-order valence-electron chi connectivity index (χ0n) is 11.4. The van der Waals surface area contributed by atoms with Gasteiger partial charge < -0.3 is 5.32 Å². The number of halogens is 1. The number of hydrogen-bond acceptors (Lipinski definition) is 4. The average molecular weight is 270 g/mol. The Hall–Kier alpha value is -2.48. The molecule has 1 N–H and O–H groups in total. The van der Waals surface area contributed by atoms with Gasteiger partial charge in [-0.2, -0.15) is 5.26 Å². The number of nitrogens with zero attached hydrogens (tertiary/aromatic N) is 3. The molecule has 0 aliphatic heterocycles. The molecule has 2 aromatic rings. The highest BCUT2D eigenvalue weighted by molar-refractivity contribution is 5.65. The first-order valence-corrected chi connectivity index (χ1v) is 6.42. The number of nitrogens with one attached hydrogen (secondary N) is 1. The lowest BCUT2D eigenvalue weighted by Crippen LogP contribution is -2.05. The molecule has 0 aliphatic carbocycles. The summed E-state index contributed by atoms with van der Waals surface area (Å²) >= 11 is 0. The zero-order chi connectivity index (χ0) is 14.5. The van der Waals surface area contributed by atoms with Crippen molar-refractivity contribution in [3.05, 3.63) is 41.3 Å². The van der Waals surface area contributed by atoms with Gasteiger partial charge in [-0.1, -0.05) is 6.92 Å². The summed E-state index contributed by atoms with van der Waals surface area (Å²) in [6.45, 7) is 4.68. The molecule has 1 heterocycles. The van der Waals surface area contributed by atoms with E-state index in [-0.39, 0.29) is 5.56 Å². The Morgan fingerprint density at radius 3 is 2.85 bits per heavy atom. The molecular formula is C15H15FN4. The minimum atomic E-state index is -0.444. The zero-order valence-corrected chi connectivity index (χ0v) is 11.4. The van der Waals surface area contributed by atoms with Crippen LogP contribution in [0.3, 0.4) is 0 Å². The Kier molecular flexibility index (Phi) is 4.26. The smallest absolute Gasteiger partial charge is 0.223 e. The monoisotopic (exact) mass is 270 g/mol. The van der Waals surface area contributed by atoms with Crippen molar-refractivity contribution >= 4 is 5.95 Å². The van der Waals surface area contributed by atoms with Gasteiger partial charge in [-0.15, -0.1) is 0 Å². The minimum absolute atomic E-state index is 0.279. The van der Waals surface area contributed by atoms with E-state index in [0.717, 1.165) is 18.5 Å². The van der Waals surface area contributed by atoms with Gasteiger partial charge in [-0.25, -0.2) is 14.4 Å². The first-order chi connectivity index (χ1) is 9.63. The maximum atomic E-state index is 13.5. The van der Waals surface area contributed by atoms with Gasteiger partial charge >= 0.3 is 0 Å². The van der Waals surface area contributed by atoms with Crippen molar-refractivity contribution in [2.45, 2.75) is 20.3 Å². The third kappa shape index (κ3) is 3.09. The Balaban J connectivity index is 2.46. The minimum Gasteiger partial charge on any atom is -0.354 e. The highest BCUT2D eigenvalue weighted by Crippen LogP contribution is 2.24. The van der Waals surface area contributed by atoms with Crippen LogP contribution in [0.2, 0.25) is 0 Å². The molecule has 0 unspecified atom stereocenters. The van der Waals surface area contributed by atoms with E-state index in [1.165, 1.54) is 12.1 Å². The predicted octanol–water partition coefficient (Wildman–Crippen LogP) is 3.28. The van der Waals surface area contributed by atoms with Gasteiger partial charge in [0.2, 0.25) is 5.95 Å². The van der Waals surface area contributed by atoms with Crippen LogP contribution < -0.4 is 5.32 Å². The molecule has 0 saturated carbocycles. The van der Waals surface area contributed by atoms with Crippen molar-refractivity contribution in [3.63, 3.8) is 0 Å². The molecule has 0 saturated heterocycles. The second-order valence-electron chi connectivity index (χ2n) is 4.49. The summed E-state index contributed by atoms with van der Waals surface area (Å²) < 4.78 is 13.5. The summed E-state index contributed by atoms with van der Waals surface area (Å²) in [5, 5.41) is 12.0. The normalized spacial score (nSPS) is 10.1. The van der Waals surface area contributed by atoms with E-state index in [4.69, 9.17) is 5.26 Å². The number of anilines is 1. The van der Waals surface area contributed by atoms with Crippen LogP contribution in [-0.4, -0.2) is 16.5 Å². The molecule has 102 valence electrons. The number of aryl methyl sites for hydroxylation is 1. The van der Waals surface area contributed by atoms with Crippen LogP contribution in [0.25, 0.3) is 11.3 Å². The van der Waals surface area contributed by atoms with Crippen molar-refractivity contribution in [1.29, 1.82) is 5.26 Å². The van der Waals surface area contributed by atoms with Crippen LogP contribution in [0.15, 0.2) is 24.4 Å². The molecule has 20 heavy (non-hydrogen) atoms. The molecule has 1 aromatic carbocycles. The second-order valence-corrected chi connectivity index (χ2v) is 4.49. The van der Waals surface area contributed by atoms with E-state index in [9.17, 15) is 4.39 Å². The van der Waals surface area contributed by atoms with Gasteiger partial charge in [-0.05, 0) is 37.1 Å². The van der Waals surface area contributed by atoms with Crippen molar-refractivity contribution in [3.8, 4) is 17.3 Å². The largest absolute Gasteiger partial charge is 0.354 e. The second kappa shape index (κ2) is 6.11. The Bertz CT molecular complexity index is 661. The Morgan fingerprint density at radius 1 is 1.35 bits per heavy atom. The summed E-state index contributed by atoms with van der Waals surface area (Å²) in [7, 11) is 0. The number of benzene rings is 1. The molecule has 0 fully saturated rings. The molecule has 4 nitrogen and oxygen atoms in total. The molecule has 0 amide bonds. The van der Waals surface area contributed by atoms with Crippen LogP contribution in [0.1, 0.15) is 24.5 Å². The number of aromatic nitrogens is 2. The van der Waals surface area contributed by atoms with Gasteiger partial charge in [0, 0.05) is 18.3 Å². The van der Waals surface area contributed by atoms with Gasteiger partial charge in [-0.3, -0.25) is 0 Å². The molecular weight excluding hydrogens is 255 g/mol. The van der Waals surface area contributed by atoms with E-state index in [1.54, 1.807) is 12.3 Å². The van der Waals surface area contributed by atoms with E-state index in [0.29, 0.717) is 17.2 Å². The standard InChI is InChI=1S/C15H15FN4/c1-3-4-18-15-19-9-10(2)14(20-15)12-5-11(8-17)6-13(16)7-12/h5-7,9H,3-4H2,1-2H3,(H,18,19,20). The molecule has 1 aromatic heterocycles. The van der Waals surface area contributed by atoms with Crippen LogP contribution >= 0.6 is 0 Å². The molecule has 2 rings (SSSR count). The van der Waals surface area contributed by atoms with Gasteiger partial charge in [0.15, 0.2) is 0 Å². The van der Waals surface area contributed by atoms with E-state index in [1.807, 2.05) is 19.9 Å². The molecule has 0 atom stereocenters. The number of rotatable bonds is 4. The van der Waals surface area contributed by atoms with Crippen LogP contribution in [0.5, 0.6) is 0 Å². The maximum absolute atomic E-state index is 13.5. The van der Waals surface area contributed by atoms with Crippen LogP contribution in [-0.2, 0) is 0 Å². The Labute approximate surface area is 117 Å². The van der Waals surface area contributed by atoms with Crippen molar-refractivity contribution in [2.75, 3.05) is 11.9 Å². The summed E-state index contributed by atoms with van der Waals surface area (Å²) in [6.07, 6.45) is 2.66. The first-order valence-electron chi connectivity index (χ1n) is 6.42. The fourth-order valence-electron chi connectivity index (χ4n) is 1.85. The van der Waals surface area contributed by atoms with Crippen molar-refractivity contribution in [2.24, 2.45) is 0 Å². The highest BCUT2D eigenvalue weighted by atomic mass is 19.1. The molecule has 0 spiro atoms. The van der Waals surface area contributed by atoms with Crippen LogP contribution in [0.4, 0.5) is 10.3 Å².